The highest BCUT2D eigenvalue weighted by Crippen LogP contribution is 2.26. The number of hydrogen-bond acceptors (Lipinski definition) is 3. The zero-order chi connectivity index (χ0) is 16.6. The number of rotatable bonds is 3. The van der Waals surface area contributed by atoms with Gasteiger partial charge in [0.15, 0.2) is 0 Å². The van der Waals surface area contributed by atoms with Gasteiger partial charge in [-0.3, -0.25) is 9.59 Å². The third kappa shape index (κ3) is 2.97. The first-order valence-corrected chi connectivity index (χ1v) is 7.73. The molecule has 1 aliphatic rings. The Kier molecular flexibility index (Phi) is 3.90. The Hall–Kier alpha value is -2.62. The number of carbonyl (C=O) groups excluding carboxylic acids is 2. The lowest BCUT2D eigenvalue weighted by Crippen LogP contribution is -2.34. The maximum atomic E-state index is 12.6. The third-order valence-corrected chi connectivity index (χ3v) is 4.16. The van der Waals surface area contributed by atoms with Gasteiger partial charge in [0.05, 0.1) is 12.1 Å². The van der Waals surface area contributed by atoms with Crippen LogP contribution in [0, 0.1) is 20.8 Å². The van der Waals surface area contributed by atoms with Gasteiger partial charge in [-0.25, -0.2) is 4.90 Å². The molecule has 1 unspecified atom stereocenters. The molecule has 1 aliphatic heterocycles. The number of benzene rings is 2. The fourth-order valence-corrected chi connectivity index (χ4v) is 2.79. The molecule has 0 spiro atoms. The van der Waals surface area contributed by atoms with Gasteiger partial charge in [-0.05, 0) is 50.1 Å². The first-order chi connectivity index (χ1) is 11.0. The minimum absolute atomic E-state index is 0.165. The van der Waals surface area contributed by atoms with Crippen molar-refractivity contribution in [3.8, 4) is 0 Å². The number of hydrogen-bond donors (Lipinski definition) is 1. The Morgan fingerprint density at radius 2 is 1.61 bits per heavy atom. The summed E-state index contributed by atoms with van der Waals surface area (Å²) in [5, 5.41) is 3.23. The molecular formula is C19H20N2O2. The second-order valence-electron chi connectivity index (χ2n) is 6.12. The second-order valence-corrected chi connectivity index (χ2v) is 6.12. The summed E-state index contributed by atoms with van der Waals surface area (Å²) in [6.07, 6.45) is 0.181. The summed E-state index contributed by atoms with van der Waals surface area (Å²) >= 11 is 0. The quantitative estimate of drug-likeness (QED) is 0.885. The molecule has 1 N–H and O–H groups in total. The molecule has 1 heterocycles. The van der Waals surface area contributed by atoms with Crippen LogP contribution in [0.4, 0.5) is 11.4 Å². The average Bonchev–Trinajstić information content (AvgIpc) is 2.79. The minimum Gasteiger partial charge on any atom is -0.373 e. The molecule has 2 amide bonds. The van der Waals surface area contributed by atoms with Crippen molar-refractivity contribution in [2.45, 2.75) is 33.2 Å². The van der Waals surface area contributed by atoms with Crippen molar-refractivity contribution in [1.29, 1.82) is 0 Å². The van der Waals surface area contributed by atoms with Crippen molar-refractivity contribution in [2.75, 3.05) is 10.2 Å². The highest BCUT2D eigenvalue weighted by Gasteiger charge is 2.39. The molecule has 2 aromatic carbocycles. The number of anilines is 2. The molecule has 4 nitrogen and oxygen atoms in total. The van der Waals surface area contributed by atoms with Crippen molar-refractivity contribution >= 4 is 23.2 Å². The second kappa shape index (κ2) is 5.88. The summed E-state index contributed by atoms with van der Waals surface area (Å²) in [5.41, 5.74) is 4.81. The minimum atomic E-state index is -0.510. The fourth-order valence-electron chi connectivity index (χ4n) is 2.79. The number of imide groups is 1. The van der Waals surface area contributed by atoms with E-state index in [9.17, 15) is 9.59 Å². The fraction of sp³-hybridized carbons (Fsp3) is 0.263. The zero-order valence-electron chi connectivity index (χ0n) is 13.6. The Morgan fingerprint density at radius 1 is 0.957 bits per heavy atom. The summed E-state index contributed by atoms with van der Waals surface area (Å²) in [6.45, 7) is 5.97. The van der Waals surface area contributed by atoms with Gasteiger partial charge in [0.25, 0.3) is 5.91 Å². The van der Waals surface area contributed by atoms with Crippen LogP contribution in [-0.4, -0.2) is 17.9 Å². The summed E-state index contributed by atoms with van der Waals surface area (Å²) < 4.78 is 0. The molecule has 3 rings (SSSR count). The summed E-state index contributed by atoms with van der Waals surface area (Å²) in [5.74, 6) is -0.360. The van der Waals surface area contributed by atoms with Gasteiger partial charge in [-0.2, -0.15) is 0 Å². The lowest BCUT2D eigenvalue weighted by Gasteiger charge is -2.17. The molecule has 0 saturated carbocycles. The predicted octanol–water partition coefficient (Wildman–Crippen LogP) is 3.36. The maximum absolute atomic E-state index is 12.6. The van der Waals surface area contributed by atoms with Crippen LogP contribution in [-0.2, 0) is 9.59 Å². The van der Waals surface area contributed by atoms with Crippen LogP contribution in [0.2, 0.25) is 0 Å². The molecule has 0 radical (unpaired) electrons. The van der Waals surface area contributed by atoms with E-state index >= 15 is 0 Å². The number of nitrogens with zero attached hydrogens (tertiary/aromatic N) is 1. The molecule has 1 saturated heterocycles. The normalized spacial score (nSPS) is 17.7. The molecule has 0 aliphatic carbocycles. The van der Waals surface area contributed by atoms with E-state index in [2.05, 4.69) is 5.32 Å². The smallest absolute Gasteiger partial charge is 0.256 e. The third-order valence-electron chi connectivity index (χ3n) is 4.16. The topological polar surface area (TPSA) is 49.4 Å². The van der Waals surface area contributed by atoms with Crippen LogP contribution >= 0.6 is 0 Å². The Morgan fingerprint density at radius 3 is 2.30 bits per heavy atom. The molecule has 2 aromatic rings. The van der Waals surface area contributed by atoms with E-state index in [0.29, 0.717) is 5.69 Å². The van der Waals surface area contributed by atoms with E-state index in [1.54, 1.807) is 0 Å². The molecule has 0 aromatic heterocycles. The Labute approximate surface area is 136 Å². The molecular weight excluding hydrogens is 288 g/mol. The highest BCUT2D eigenvalue weighted by molar-refractivity contribution is 6.23. The van der Waals surface area contributed by atoms with Crippen molar-refractivity contribution in [1.82, 2.24) is 0 Å². The maximum Gasteiger partial charge on any atom is 0.256 e. The summed E-state index contributed by atoms with van der Waals surface area (Å²) in [6, 6.07) is 13.0. The lowest BCUT2D eigenvalue weighted by atomic mass is 10.1. The van der Waals surface area contributed by atoms with Gasteiger partial charge in [0.2, 0.25) is 5.91 Å². The van der Waals surface area contributed by atoms with Crippen molar-refractivity contribution in [3.05, 3.63) is 59.2 Å². The zero-order valence-corrected chi connectivity index (χ0v) is 13.6. The highest BCUT2D eigenvalue weighted by atomic mass is 16.2. The van der Waals surface area contributed by atoms with Crippen LogP contribution in [0.5, 0.6) is 0 Å². The first-order valence-electron chi connectivity index (χ1n) is 7.73. The lowest BCUT2D eigenvalue weighted by molar-refractivity contribution is -0.121. The number of aryl methyl sites for hydroxylation is 3. The largest absolute Gasteiger partial charge is 0.373 e. The monoisotopic (exact) mass is 308 g/mol. The van der Waals surface area contributed by atoms with E-state index in [4.69, 9.17) is 0 Å². The van der Waals surface area contributed by atoms with Gasteiger partial charge >= 0.3 is 0 Å². The van der Waals surface area contributed by atoms with Crippen LogP contribution in [0.25, 0.3) is 0 Å². The summed E-state index contributed by atoms with van der Waals surface area (Å²) in [4.78, 5) is 26.2. The van der Waals surface area contributed by atoms with Gasteiger partial charge in [0.1, 0.15) is 6.04 Å². The predicted molar refractivity (Wildman–Crippen MR) is 91.6 cm³/mol. The van der Waals surface area contributed by atoms with Gasteiger partial charge < -0.3 is 5.32 Å². The van der Waals surface area contributed by atoms with E-state index in [1.165, 1.54) is 4.90 Å². The molecule has 1 atom stereocenters. The molecule has 4 heteroatoms. The van der Waals surface area contributed by atoms with Gasteiger partial charge in [-0.1, -0.05) is 29.8 Å². The Bertz CT molecular complexity index is 765. The molecule has 1 fully saturated rings. The van der Waals surface area contributed by atoms with Crippen LogP contribution in [0.1, 0.15) is 23.1 Å². The summed E-state index contributed by atoms with van der Waals surface area (Å²) in [7, 11) is 0. The van der Waals surface area contributed by atoms with E-state index in [1.807, 2.05) is 63.2 Å². The van der Waals surface area contributed by atoms with Crippen LogP contribution < -0.4 is 10.2 Å². The van der Waals surface area contributed by atoms with E-state index < -0.39 is 6.04 Å². The van der Waals surface area contributed by atoms with Gasteiger partial charge in [0, 0.05) is 5.69 Å². The number of carbonyl (C=O) groups is 2. The molecule has 23 heavy (non-hydrogen) atoms. The van der Waals surface area contributed by atoms with E-state index in [-0.39, 0.29) is 18.2 Å². The number of amides is 2. The van der Waals surface area contributed by atoms with Crippen molar-refractivity contribution < 1.29 is 9.59 Å². The standard InChI is InChI=1S/C19H20N2O2/c1-12-5-8-15(9-6-12)21-18(22)11-17(19(21)23)20-16-10-13(2)4-7-14(16)3/h4-10,17,20H,11H2,1-3H3. The average molecular weight is 308 g/mol. The SMILES string of the molecule is Cc1ccc(N2C(=O)CC(Nc3cc(C)ccc3C)C2=O)cc1. The van der Waals surface area contributed by atoms with Crippen LogP contribution in [0.3, 0.4) is 0 Å². The molecule has 118 valence electrons. The van der Waals surface area contributed by atoms with Crippen molar-refractivity contribution in [2.24, 2.45) is 0 Å². The van der Waals surface area contributed by atoms with E-state index in [0.717, 1.165) is 22.4 Å². The van der Waals surface area contributed by atoms with Crippen molar-refractivity contribution in [3.63, 3.8) is 0 Å². The van der Waals surface area contributed by atoms with Gasteiger partial charge in [-0.15, -0.1) is 0 Å². The molecule has 0 bridgehead atoms. The Balaban J connectivity index is 1.83. The first kappa shape index (κ1) is 15.3. The number of nitrogens with one attached hydrogen (secondary N) is 1. The van der Waals surface area contributed by atoms with Crippen LogP contribution in [0.15, 0.2) is 42.5 Å².